The van der Waals surface area contributed by atoms with Crippen LogP contribution < -0.4 is 9.80 Å². The Morgan fingerprint density at radius 1 is 0.885 bits per heavy atom. The number of aromatic nitrogens is 3. The first kappa shape index (κ1) is 17.1. The minimum Gasteiger partial charge on any atom is -0.356 e. The SMILES string of the molecule is Fc1cncc(F)c1CN1CCN(c2nccc(N3CCCC3)n2)CC1. The van der Waals surface area contributed by atoms with E-state index >= 15 is 0 Å². The van der Waals surface area contributed by atoms with Crippen LogP contribution in [0.4, 0.5) is 20.5 Å². The number of piperazine rings is 1. The Labute approximate surface area is 151 Å². The predicted octanol–water partition coefficient (Wildman–Crippen LogP) is 2.07. The quantitative estimate of drug-likeness (QED) is 0.832. The van der Waals surface area contributed by atoms with Crippen LogP contribution in [0.3, 0.4) is 0 Å². The lowest BCUT2D eigenvalue weighted by atomic mass is 10.2. The molecule has 4 heterocycles. The summed E-state index contributed by atoms with van der Waals surface area (Å²) >= 11 is 0. The van der Waals surface area contributed by atoms with E-state index in [1.165, 1.54) is 12.8 Å². The second kappa shape index (κ2) is 7.49. The van der Waals surface area contributed by atoms with E-state index in [2.05, 4.69) is 19.8 Å². The van der Waals surface area contributed by atoms with Gasteiger partial charge in [0.1, 0.15) is 17.5 Å². The highest BCUT2D eigenvalue weighted by molar-refractivity contribution is 5.44. The van der Waals surface area contributed by atoms with Gasteiger partial charge in [-0.3, -0.25) is 9.88 Å². The van der Waals surface area contributed by atoms with E-state index < -0.39 is 11.6 Å². The molecule has 2 aromatic heterocycles. The number of hydrogen-bond acceptors (Lipinski definition) is 6. The van der Waals surface area contributed by atoms with Gasteiger partial charge in [0.25, 0.3) is 0 Å². The van der Waals surface area contributed by atoms with Gasteiger partial charge >= 0.3 is 0 Å². The van der Waals surface area contributed by atoms with Crippen LogP contribution in [0.2, 0.25) is 0 Å². The Morgan fingerprint density at radius 3 is 2.27 bits per heavy atom. The van der Waals surface area contributed by atoms with Crippen molar-refractivity contribution in [3.63, 3.8) is 0 Å². The molecule has 2 aromatic rings. The van der Waals surface area contributed by atoms with Crippen LogP contribution >= 0.6 is 0 Å². The van der Waals surface area contributed by atoms with E-state index in [1.54, 1.807) is 0 Å². The molecule has 138 valence electrons. The van der Waals surface area contributed by atoms with Crippen molar-refractivity contribution in [3.8, 4) is 0 Å². The number of halogens is 2. The molecule has 2 aliphatic rings. The van der Waals surface area contributed by atoms with Gasteiger partial charge < -0.3 is 9.80 Å². The molecule has 0 N–H and O–H groups in total. The third kappa shape index (κ3) is 3.60. The number of anilines is 2. The smallest absolute Gasteiger partial charge is 0.227 e. The van der Waals surface area contributed by atoms with Crippen LogP contribution in [0.1, 0.15) is 18.4 Å². The molecule has 0 bridgehead atoms. The summed E-state index contributed by atoms with van der Waals surface area (Å²) in [5.41, 5.74) is 0.0840. The van der Waals surface area contributed by atoms with Crippen LogP contribution in [0.15, 0.2) is 24.7 Å². The summed E-state index contributed by atoms with van der Waals surface area (Å²) in [6.07, 6.45) is 6.35. The van der Waals surface area contributed by atoms with Crippen molar-refractivity contribution >= 4 is 11.8 Å². The van der Waals surface area contributed by atoms with Crippen molar-refractivity contribution in [2.45, 2.75) is 19.4 Å². The Hall–Kier alpha value is -2.35. The molecule has 0 unspecified atom stereocenters. The molecular formula is C18H22F2N6. The molecule has 2 fully saturated rings. The number of nitrogens with zero attached hydrogens (tertiary/aromatic N) is 6. The molecule has 0 aliphatic carbocycles. The molecule has 0 amide bonds. The zero-order valence-corrected chi connectivity index (χ0v) is 14.6. The van der Waals surface area contributed by atoms with Crippen molar-refractivity contribution in [1.82, 2.24) is 19.9 Å². The van der Waals surface area contributed by atoms with Crippen LogP contribution in [0.25, 0.3) is 0 Å². The predicted molar refractivity (Wildman–Crippen MR) is 95.1 cm³/mol. The van der Waals surface area contributed by atoms with Crippen LogP contribution in [0, 0.1) is 11.6 Å². The Kier molecular flexibility index (Phi) is 4.92. The van der Waals surface area contributed by atoms with Crippen molar-refractivity contribution in [1.29, 1.82) is 0 Å². The van der Waals surface area contributed by atoms with Gasteiger partial charge in [0.05, 0.1) is 12.4 Å². The molecule has 4 rings (SSSR count). The lowest BCUT2D eigenvalue weighted by molar-refractivity contribution is 0.241. The first-order valence-corrected chi connectivity index (χ1v) is 9.04. The van der Waals surface area contributed by atoms with E-state index in [-0.39, 0.29) is 12.1 Å². The zero-order chi connectivity index (χ0) is 17.9. The maximum absolute atomic E-state index is 13.8. The summed E-state index contributed by atoms with van der Waals surface area (Å²) in [5, 5.41) is 0. The van der Waals surface area contributed by atoms with E-state index in [0.717, 1.165) is 50.3 Å². The highest BCUT2D eigenvalue weighted by Crippen LogP contribution is 2.21. The molecule has 2 saturated heterocycles. The third-order valence-electron chi connectivity index (χ3n) is 5.05. The fraction of sp³-hybridized carbons (Fsp3) is 0.500. The highest BCUT2D eigenvalue weighted by Gasteiger charge is 2.22. The van der Waals surface area contributed by atoms with E-state index in [9.17, 15) is 8.78 Å². The molecule has 0 aromatic carbocycles. The number of rotatable bonds is 4. The maximum Gasteiger partial charge on any atom is 0.227 e. The largest absolute Gasteiger partial charge is 0.356 e. The van der Waals surface area contributed by atoms with E-state index in [4.69, 9.17) is 4.98 Å². The van der Waals surface area contributed by atoms with Crippen LogP contribution in [-0.4, -0.2) is 59.1 Å². The van der Waals surface area contributed by atoms with Gasteiger partial charge in [0.2, 0.25) is 5.95 Å². The molecule has 0 radical (unpaired) electrons. The van der Waals surface area contributed by atoms with Gasteiger partial charge in [-0.1, -0.05) is 0 Å². The molecule has 0 saturated carbocycles. The topological polar surface area (TPSA) is 48.4 Å². The monoisotopic (exact) mass is 360 g/mol. The molecule has 0 spiro atoms. The Balaban J connectivity index is 1.38. The van der Waals surface area contributed by atoms with Gasteiger partial charge in [-0.15, -0.1) is 0 Å². The average Bonchev–Trinajstić information content (AvgIpc) is 3.20. The Morgan fingerprint density at radius 2 is 1.58 bits per heavy atom. The van der Waals surface area contributed by atoms with Gasteiger partial charge in [-0.05, 0) is 18.9 Å². The Bertz CT molecular complexity index is 737. The summed E-state index contributed by atoms with van der Waals surface area (Å²) in [6, 6.07) is 1.96. The van der Waals surface area contributed by atoms with Gasteiger partial charge in [0, 0.05) is 57.6 Å². The standard InChI is InChI=1S/C18H22F2N6/c19-15-11-21-12-16(20)14(15)13-24-7-9-26(10-8-24)18-22-4-3-17(23-18)25-5-1-2-6-25/h3-4,11-12H,1-2,5-10,13H2. The van der Waals surface area contributed by atoms with E-state index in [0.29, 0.717) is 13.1 Å². The van der Waals surface area contributed by atoms with Crippen LogP contribution in [0.5, 0.6) is 0 Å². The van der Waals surface area contributed by atoms with Crippen molar-refractivity contribution in [3.05, 3.63) is 41.9 Å². The van der Waals surface area contributed by atoms with Crippen LogP contribution in [-0.2, 0) is 6.54 Å². The fourth-order valence-corrected chi connectivity index (χ4v) is 3.53. The summed E-state index contributed by atoms with van der Waals surface area (Å²) in [5.74, 6) is 0.536. The van der Waals surface area contributed by atoms with Crippen molar-refractivity contribution < 1.29 is 8.78 Å². The molecular weight excluding hydrogens is 338 g/mol. The lowest BCUT2D eigenvalue weighted by Crippen LogP contribution is -2.46. The third-order valence-corrected chi connectivity index (χ3v) is 5.05. The molecule has 6 nitrogen and oxygen atoms in total. The number of pyridine rings is 1. The highest BCUT2D eigenvalue weighted by atomic mass is 19.1. The summed E-state index contributed by atoms with van der Waals surface area (Å²) in [7, 11) is 0. The van der Waals surface area contributed by atoms with E-state index in [1.807, 2.05) is 17.2 Å². The zero-order valence-electron chi connectivity index (χ0n) is 14.6. The fourth-order valence-electron chi connectivity index (χ4n) is 3.53. The normalized spacial score (nSPS) is 18.5. The lowest BCUT2D eigenvalue weighted by Gasteiger charge is -2.35. The van der Waals surface area contributed by atoms with Crippen molar-refractivity contribution in [2.24, 2.45) is 0 Å². The second-order valence-corrected chi connectivity index (χ2v) is 6.75. The molecule has 8 heteroatoms. The van der Waals surface area contributed by atoms with Gasteiger partial charge in [-0.2, -0.15) is 4.98 Å². The molecule has 2 aliphatic heterocycles. The molecule has 26 heavy (non-hydrogen) atoms. The summed E-state index contributed by atoms with van der Waals surface area (Å²) in [6.45, 7) is 5.23. The number of hydrogen-bond donors (Lipinski definition) is 0. The first-order valence-electron chi connectivity index (χ1n) is 9.04. The first-order chi connectivity index (χ1) is 12.7. The second-order valence-electron chi connectivity index (χ2n) is 6.75. The average molecular weight is 360 g/mol. The van der Waals surface area contributed by atoms with Gasteiger partial charge in [0.15, 0.2) is 0 Å². The van der Waals surface area contributed by atoms with Crippen molar-refractivity contribution in [2.75, 3.05) is 49.1 Å². The van der Waals surface area contributed by atoms with Gasteiger partial charge in [-0.25, -0.2) is 13.8 Å². The minimum absolute atomic E-state index is 0.0840. The summed E-state index contributed by atoms with van der Waals surface area (Å²) < 4.78 is 27.6. The maximum atomic E-state index is 13.8. The molecule has 0 atom stereocenters. The minimum atomic E-state index is -0.589. The summed E-state index contributed by atoms with van der Waals surface area (Å²) in [4.78, 5) is 19.1.